The Morgan fingerprint density at radius 2 is 0.559 bits per heavy atom. The molecule has 3 heterocycles. The maximum atomic E-state index is 15.4. The molecule has 9 aromatic carbocycles. The Hall–Kier alpha value is -13.3. The Labute approximate surface area is 685 Å². The summed E-state index contributed by atoms with van der Waals surface area (Å²) < 4.78 is 17.7. The third kappa shape index (κ3) is 20.7. The number of carbonyl (C=O) groups is 9. The number of nitrogens with one attached hydrogen (secondary N) is 3. The van der Waals surface area contributed by atoms with Crippen LogP contribution in [-0.2, 0) is 82.1 Å². The van der Waals surface area contributed by atoms with Gasteiger partial charge in [-0.15, -0.1) is 0 Å². The van der Waals surface area contributed by atoms with Crippen LogP contribution in [0.25, 0.3) is 32.7 Å². The van der Waals surface area contributed by atoms with Crippen LogP contribution in [0.1, 0.15) is 114 Å². The van der Waals surface area contributed by atoms with Crippen molar-refractivity contribution in [1.29, 1.82) is 0 Å². The third-order valence-electron chi connectivity index (χ3n) is 21.5. The summed E-state index contributed by atoms with van der Waals surface area (Å²) in [5.74, 6) is -4.23. The number of nitrogens with two attached hydrogens (primary N) is 3. The number of aromatic nitrogens is 3. The average molecular weight is 1590 g/mol. The highest BCUT2D eigenvalue weighted by atomic mass is 16.6. The molecule has 118 heavy (non-hydrogen) atoms. The summed E-state index contributed by atoms with van der Waals surface area (Å²) in [4.78, 5) is 152. The van der Waals surface area contributed by atoms with E-state index in [0.29, 0.717) is 109 Å². The number of nitrogens with zero attached hydrogens (tertiary/aromatic N) is 6. The minimum Gasteiger partial charge on any atom is -0.444 e. The Morgan fingerprint density at radius 1 is 0.314 bits per heavy atom. The fourth-order valence-electron chi connectivity index (χ4n) is 15.0. The highest BCUT2D eigenvalue weighted by Gasteiger charge is 2.42. The number of ether oxygens (including phenoxy) is 3. The molecule has 3 aromatic heterocycles. The van der Waals surface area contributed by atoms with Gasteiger partial charge in [0.15, 0.2) is 0 Å². The number of H-pyrrole nitrogens is 3. The van der Waals surface area contributed by atoms with Gasteiger partial charge in [0.1, 0.15) is 37.9 Å². The first-order valence-corrected chi connectivity index (χ1v) is 39.9. The number of carbonyl (C=O) groups excluding carboxylic acids is 9. The first-order chi connectivity index (χ1) is 57.4. The van der Waals surface area contributed by atoms with Gasteiger partial charge in [0.2, 0.25) is 35.4 Å². The van der Waals surface area contributed by atoms with E-state index in [1.165, 1.54) is 14.7 Å². The van der Waals surface area contributed by atoms with Crippen molar-refractivity contribution < 1.29 is 57.4 Å². The first-order valence-electron chi connectivity index (χ1n) is 39.9. The predicted molar refractivity (Wildman–Crippen MR) is 457 cm³/mol. The smallest absolute Gasteiger partial charge is 0.417 e. The molecule has 12 aromatic rings. The molecule has 0 fully saturated rings. The molecular formula is C94H100N12O12. The molecule has 12 rings (SSSR count). The van der Waals surface area contributed by atoms with E-state index in [0.717, 1.165) is 64.1 Å². The molecule has 24 heteroatoms. The molecule has 9 N–H and O–H groups in total. The zero-order chi connectivity index (χ0) is 83.0. The van der Waals surface area contributed by atoms with Crippen LogP contribution in [0.5, 0.6) is 0 Å². The predicted octanol–water partition coefficient (Wildman–Crippen LogP) is 14.9. The number of rotatable bonds is 36. The monoisotopic (exact) mass is 1590 g/mol. The highest BCUT2D eigenvalue weighted by Crippen LogP contribution is 2.37. The number of anilines is 3. The molecule has 0 saturated carbocycles. The van der Waals surface area contributed by atoms with Crippen molar-refractivity contribution >= 4 is 103 Å². The van der Waals surface area contributed by atoms with Crippen LogP contribution in [-0.4, -0.2) is 142 Å². The quantitative estimate of drug-likeness (QED) is 0.0121. The molecule has 0 bridgehead atoms. The number of likely N-dealkylation sites (N-methyl/N-ethyl adjacent to an activating group) is 3. The fraction of sp³-hybridized carbons (Fsp3) is 0.266. The highest BCUT2D eigenvalue weighted by molar-refractivity contribution is 6.07. The molecule has 0 radical (unpaired) electrons. The second kappa shape index (κ2) is 40.8. The third-order valence-corrected chi connectivity index (χ3v) is 21.5. The number of fused-ring (bicyclic) bond motifs is 3. The maximum Gasteiger partial charge on any atom is 0.417 e. The number of amides is 9. The summed E-state index contributed by atoms with van der Waals surface area (Å²) in [5.41, 5.74) is 27.8. The Bertz CT molecular complexity index is 4880. The van der Waals surface area contributed by atoms with Gasteiger partial charge in [-0.05, 0) is 182 Å². The second-order valence-corrected chi connectivity index (χ2v) is 29.3. The van der Waals surface area contributed by atoms with Crippen molar-refractivity contribution in [2.75, 3.05) is 55.5 Å². The van der Waals surface area contributed by atoms with Crippen molar-refractivity contribution in [2.45, 2.75) is 121 Å². The average Bonchev–Trinajstić information content (AvgIpc) is 1.02. The SMILES string of the molecule is CN(C(=O)[C@H](CCCCN)N(C(=O)Cc1c[nH]c2ccccc12)C(=O)OCc1ccccc1)c1ccc(C(c2ccc(N(C)C(=O)[C@H](CCCCN)N(C(=O)Cc3c[nH]c4ccccc34)C(=O)OCc3ccccc3)cc2)c2ccc(N(C)C(=O)[C@H](CCCCN)N(C(=O)Cc3c[nH]c4ccccc34)C(=O)OCc3ccccc3)cc2)cc1. The lowest BCUT2D eigenvalue weighted by molar-refractivity contribution is -0.137. The van der Waals surface area contributed by atoms with E-state index in [1.54, 1.807) is 113 Å². The first kappa shape index (κ1) is 84.1. The van der Waals surface area contributed by atoms with Gasteiger partial charge >= 0.3 is 18.3 Å². The van der Waals surface area contributed by atoms with Crippen LogP contribution in [0, 0.1) is 0 Å². The van der Waals surface area contributed by atoms with Crippen molar-refractivity contribution in [3.8, 4) is 0 Å². The second-order valence-electron chi connectivity index (χ2n) is 29.3. The van der Waals surface area contributed by atoms with E-state index in [-0.39, 0.29) is 58.3 Å². The van der Waals surface area contributed by atoms with Crippen LogP contribution in [0.3, 0.4) is 0 Å². The molecule has 0 aliphatic rings. The van der Waals surface area contributed by atoms with Crippen LogP contribution >= 0.6 is 0 Å². The lowest BCUT2D eigenvalue weighted by atomic mass is 9.85. The normalized spacial score (nSPS) is 12.0. The molecule has 608 valence electrons. The summed E-state index contributed by atoms with van der Waals surface area (Å²) in [7, 11) is 4.75. The number of unbranched alkanes of at least 4 members (excludes halogenated alkanes) is 3. The van der Waals surface area contributed by atoms with Crippen LogP contribution in [0.15, 0.2) is 255 Å². The van der Waals surface area contributed by atoms with E-state index in [9.17, 15) is 28.8 Å². The van der Waals surface area contributed by atoms with Crippen molar-refractivity contribution in [3.05, 3.63) is 305 Å². The van der Waals surface area contributed by atoms with E-state index in [4.69, 9.17) is 31.4 Å². The molecule has 0 saturated heterocycles. The number of imide groups is 3. The van der Waals surface area contributed by atoms with Crippen LogP contribution in [0.2, 0.25) is 0 Å². The van der Waals surface area contributed by atoms with Gasteiger partial charge in [0.25, 0.3) is 0 Å². The summed E-state index contributed by atoms with van der Waals surface area (Å²) in [6, 6.07) is 67.4. The lowest BCUT2D eigenvalue weighted by Gasteiger charge is -2.32. The number of aromatic amines is 3. The van der Waals surface area contributed by atoms with Crippen molar-refractivity contribution in [1.82, 2.24) is 29.7 Å². The summed E-state index contributed by atoms with van der Waals surface area (Å²) in [6.07, 6.45) is 4.42. The number of para-hydroxylation sites is 3. The zero-order valence-electron chi connectivity index (χ0n) is 66.6. The Kier molecular flexibility index (Phi) is 29.1. The summed E-state index contributed by atoms with van der Waals surface area (Å²) in [6.45, 7) is 0.411. The van der Waals surface area contributed by atoms with Gasteiger partial charge in [-0.3, -0.25) is 28.8 Å². The van der Waals surface area contributed by atoms with E-state index in [1.807, 2.05) is 164 Å². The summed E-state index contributed by atoms with van der Waals surface area (Å²) in [5, 5.41) is 2.36. The van der Waals surface area contributed by atoms with Gasteiger partial charge in [-0.2, -0.15) is 0 Å². The van der Waals surface area contributed by atoms with Crippen LogP contribution < -0.4 is 31.9 Å². The largest absolute Gasteiger partial charge is 0.444 e. The molecule has 0 unspecified atom stereocenters. The standard InChI is InChI=1S/C94H100N12O12/c1-101(89(110)82(37-19-22-52-95)104(92(113)116-61-64-25-7-4-8-26-64)85(107)55-70-58-98-79-34-16-13-31-76(70)79)73-46-40-67(41-47-73)88(68-42-48-74(49-43-68)102(2)90(111)83(38-20-23-53-96)105(93(114)117-62-65-27-9-5-10-28-65)86(108)56-71-59-99-80-35-17-14-32-77(71)80)69-44-50-75(51-45-69)103(3)91(112)84(39-21-24-54-97)106(94(115)118-63-66-29-11-6-12-30-66)87(109)57-72-60-100-81-36-18-15-33-78(72)81/h4-18,25-36,40-51,58-60,82-84,88,98-100H,19-24,37-39,52-57,61-63,95-97H2,1-3H3/t82-,83-,84-/m0/s1. The number of hydrogen-bond acceptors (Lipinski definition) is 15. The van der Waals surface area contributed by atoms with Crippen LogP contribution in [0.4, 0.5) is 31.4 Å². The van der Waals surface area contributed by atoms with Gasteiger partial charge in [-0.25, -0.2) is 29.1 Å². The molecule has 3 atom stereocenters. The van der Waals surface area contributed by atoms with E-state index < -0.39 is 77.8 Å². The Morgan fingerprint density at radius 3 is 0.814 bits per heavy atom. The minimum absolute atomic E-state index is 0.0744. The van der Waals surface area contributed by atoms with Gasteiger partial charge in [-0.1, -0.05) is 182 Å². The van der Waals surface area contributed by atoms with Crippen molar-refractivity contribution in [3.63, 3.8) is 0 Å². The molecule has 0 aliphatic heterocycles. The molecule has 0 aliphatic carbocycles. The number of benzene rings is 9. The van der Waals surface area contributed by atoms with Crippen molar-refractivity contribution in [2.24, 2.45) is 17.2 Å². The van der Waals surface area contributed by atoms with Gasteiger partial charge in [0.05, 0.1) is 19.3 Å². The Balaban J connectivity index is 0.884. The fourth-order valence-corrected chi connectivity index (χ4v) is 15.0. The lowest BCUT2D eigenvalue weighted by Crippen LogP contribution is -2.53. The molecule has 9 amide bonds. The molecule has 24 nitrogen and oxygen atoms in total. The van der Waals surface area contributed by atoms with E-state index >= 15 is 14.4 Å². The molecular weight excluding hydrogens is 1490 g/mol. The molecule has 0 spiro atoms. The van der Waals surface area contributed by atoms with Gasteiger partial charge in [0, 0.05) is 95.4 Å². The minimum atomic E-state index is -1.33. The summed E-state index contributed by atoms with van der Waals surface area (Å²) >= 11 is 0. The maximum absolute atomic E-state index is 15.4. The van der Waals surface area contributed by atoms with Gasteiger partial charge < -0.3 is 61.1 Å². The number of hydrogen-bond donors (Lipinski definition) is 6. The topological polar surface area (TPSA) is 326 Å². The zero-order valence-corrected chi connectivity index (χ0v) is 66.6. The van der Waals surface area contributed by atoms with E-state index in [2.05, 4.69) is 15.0 Å².